The minimum absolute atomic E-state index is 0.0835. The molecule has 36 heavy (non-hydrogen) atoms. The van der Waals surface area contributed by atoms with Crippen molar-refractivity contribution in [2.75, 3.05) is 23.4 Å². The maximum absolute atomic E-state index is 13.3. The van der Waals surface area contributed by atoms with Gasteiger partial charge in [-0.25, -0.2) is 0 Å². The van der Waals surface area contributed by atoms with Crippen LogP contribution in [0.15, 0.2) is 91.0 Å². The Kier molecular flexibility index (Phi) is 8.01. The molecular weight excluding hydrogens is 448 g/mol. The summed E-state index contributed by atoms with van der Waals surface area (Å²) >= 11 is 0. The molecule has 4 aromatic rings. The molecule has 0 bridgehead atoms. The zero-order valence-electron chi connectivity index (χ0n) is 21.0. The lowest BCUT2D eigenvalue weighted by Crippen LogP contribution is -2.30. The Morgan fingerprint density at radius 2 is 1.50 bits per heavy atom. The molecule has 4 rings (SSSR count). The molecule has 5 heteroatoms. The number of nitrogens with zero attached hydrogens (tertiary/aromatic N) is 1. The molecule has 0 atom stereocenters. The Labute approximate surface area is 212 Å². The largest absolute Gasteiger partial charge is 0.494 e. The number of carbonyl (C=O) groups excluding carboxylic acids is 2. The quantitative estimate of drug-likeness (QED) is 0.276. The average Bonchev–Trinajstić information content (AvgIpc) is 2.90. The third-order valence-corrected chi connectivity index (χ3v) is 6.09. The predicted octanol–water partition coefficient (Wildman–Crippen LogP) is 7.18. The van der Waals surface area contributed by atoms with Gasteiger partial charge in [0.2, 0.25) is 0 Å². The van der Waals surface area contributed by atoms with Crippen LogP contribution in [0.3, 0.4) is 0 Å². The Balaban J connectivity index is 1.42. The number of hydrogen-bond acceptors (Lipinski definition) is 3. The molecule has 0 aliphatic rings. The minimum Gasteiger partial charge on any atom is -0.494 e. The number of ether oxygens (including phenoxy) is 1. The molecule has 184 valence electrons. The number of carbonyl (C=O) groups is 2. The second kappa shape index (κ2) is 11.5. The van der Waals surface area contributed by atoms with Gasteiger partial charge in [0, 0.05) is 28.7 Å². The molecule has 4 aromatic carbocycles. The summed E-state index contributed by atoms with van der Waals surface area (Å²) in [4.78, 5) is 27.8. The van der Waals surface area contributed by atoms with Crippen LogP contribution in [0.2, 0.25) is 0 Å². The fourth-order valence-electron chi connectivity index (χ4n) is 4.04. The second-order valence-electron chi connectivity index (χ2n) is 9.13. The summed E-state index contributed by atoms with van der Waals surface area (Å²) in [5.41, 5.74) is 2.61. The van der Waals surface area contributed by atoms with Gasteiger partial charge < -0.3 is 15.0 Å². The Hall–Kier alpha value is -4.12. The molecule has 0 spiro atoms. The summed E-state index contributed by atoms with van der Waals surface area (Å²) in [7, 11) is 0. The van der Waals surface area contributed by atoms with Crippen LogP contribution in [-0.4, -0.2) is 25.0 Å². The zero-order chi connectivity index (χ0) is 25.5. The first-order valence-corrected chi connectivity index (χ1v) is 12.4. The van der Waals surface area contributed by atoms with E-state index in [1.165, 1.54) is 0 Å². The van der Waals surface area contributed by atoms with Crippen LogP contribution >= 0.6 is 0 Å². The van der Waals surface area contributed by atoms with E-state index in [1.807, 2.05) is 61.5 Å². The van der Waals surface area contributed by atoms with Crippen molar-refractivity contribution in [2.24, 2.45) is 5.92 Å². The molecule has 0 aromatic heterocycles. The molecule has 5 nitrogen and oxygen atoms in total. The summed E-state index contributed by atoms with van der Waals surface area (Å²) in [5, 5.41) is 5.03. The molecule has 0 saturated heterocycles. The summed E-state index contributed by atoms with van der Waals surface area (Å²) in [5.74, 6) is 1.04. The average molecular weight is 481 g/mol. The van der Waals surface area contributed by atoms with Crippen LogP contribution < -0.4 is 15.0 Å². The van der Waals surface area contributed by atoms with Crippen LogP contribution in [-0.2, 0) is 0 Å². The van der Waals surface area contributed by atoms with Crippen molar-refractivity contribution >= 4 is 34.0 Å². The van der Waals surface area contributed by atoms with E-state index in [4.69, 9.17) is 4.74 Å². The first-order chi connectivity index (χ1) is 17.5. The van der Waals surface area contributed by atoms with Crippen molar-refractivity contribution in [3.8, 4) is 5.75 Å². The van der Waals surface area contributed by atoms with Gasteiger partial charge in [0.05, 0.1) is 12.3 Å². The molecule has 0 heterocycles. The third-order valence-electron chi connectivity index (χ3n) is 6.09. The number of fused-ring (bicyclic) bond motifs is 1. The molecule has 0 saturated carbocycles. The second-order valence-corrected chi connectivity index (χ2v) is 9.13. The van der Waals surface area contributed by atoms with E-state index in [0.29, 0.717) is 35.9 Å². The zero-order valence-corrected chi connectivity index (χ0v) is 21.0. The van der Waals surface area contributed by atoms with Crippen molar-refractivity contribution in [3.05, 3.63) is 102 Å². The van der Waals surface area contributed by atoms with E-state index in [-0.39, 0.29) is 11.8 Å². The fourth-order valence-corrected chi connectivity index (χ4v) is 4.04. The molecule has 0 fully saturated rings. The Morgan fingerprint density at radius 1 is 0.833 bits per heavy atom. The van der Waals surface area contributed by atoms with Gasteiger partial charge in [-0.3, -0.25) is 9.59 Å². The number of rotatable bonds is 9. The van der Waals surface area contributed by atoms with Gasteiger partial charge in [-0.2, -0.15) is 0 Å². The standard InChI is InChI=1S/C31H32N2O3/c1-4-33(29-11-7-9-23-8-5-6-10-28(23)29)31(35)25-12-16-26(17-13-25)32-30(34)24-14-18-27(19-15-24)36-21-20-22(2)3/h5-19,22H,4,20-21H2,1-3H3,(H,32,34). The maximum Gasteiger partial charge on any atom is 0.258 e. The molecule has 0 aliphatic carbocycles. The molecule has 0 aliphatic heterocycles. The normalized spacial score (nSPS) is 10.9. The van der Waals surface area contributed by atoms with Crippen LogP contribution in [0.4, 0.5) is 11.4 Å². The van der Waals surface area contributed by atoms with E-state index in [9.17, 15) is 9.59 Å². The number of amides is 2. The predicted molar refractivity (Wildman–Crippen MR) is 147 cm³/mol. The highest BCUT2D eigenvalue weighted by Gasteiger charge is 2.18. The van der Waals surface area contributed by atoms with Gasteiger partial charge in [-0.05, 0) is 79.2 Å². The monoisotopic (exact) mass is 480 g/mol. The van der Waals surface area contributed by atoms with E-state index < -0.39 is 0 Å². The van der Waals surface area contributed by atoms with Gasteiger partial charge in [0.1, 0.15) is 5.75 Å². The van der Waals surface area contributed by atoms with Gasteiger partial charge >= 0.3 is 0 Å². The summed E-state index contributed by atoms with van der Waals surface area (Å²) < 4.78 is 5.72. The highest BCUT2D eigenvalue weighted by Crippen LogP contribution is 2.28. The molecule has 1 N–H and O–H groups in total. The first-order valence-electron chi connectivity index (χ1n) is 12.4. The summed E-state index contributed by atoms with van der Waals surface area (Å²) in [6, 6.07) is 28.2. The number of nitrogens with one attached hydrogen (secondary N) is 1. The van der Waals surface area contributed by atoms with E-state index in [2.05, 4.69) is 19.2 Å². The number of anilines is 2. The van der Waals surface area contributed by atoms with Gasteiger partial charge in [0.25, 0.3) is 11.8 Å². The topological polar surface area (TPSA) is 58.6 Å². The Bertz CT molecular complexity index is 1320. The lowest BCUT2D eigenvalue weighted by Gasteiger charge is -2.23. The maximum atomic E-state index is 13.3. The number of hydrogen-bond donors (Lipinski definition) is 1. The highest BCUT2D eigenvalue weighted by atomic mass is 16.5. The van der Waals surface area contributed by atoms with E-state index in [1.54, 1.807) is 41.3 Å². The molecular formula is C31H32N2O3. The fraction of sp³-hybridized carbons (Fsp3) is 0.226. The lowest BCUT2D eigenvalue weighted by molar-refractivity contribution is 0.0987. The summed E-state index contributed by atoms with van der Waals surface area (Å²) in [6.45, 7) is 7.48. The smallest absolute Gasteiger partial charge is 0.258 e. The number of benzene rings is 4. The van der Waals surface area contributed by atoms with Crippen LogP contribution in [0.25, 0.3) is 10.8 Å². The van der Waals surface area contributed by atoms with Crippen molar-refractivity contribution in [1.29, 1.82) is 0 Å². The van der Waals surface area contributed by atoms with Gasteiger partial charge in [-0.15, -0.1) is 0 Å². The molecule has 0 radical (unpaired) electrons. The third kappa shape index (κ3) is 5.92. The molecule has 0 unspecified atom stereocenters. The van der Waals surface area contributed by atoms with Crippen molar-refractivity contribution < 1.29 is 14.3 Å². The van der Waals surface area contributed by atoms with E-state index in [0.717, 1.165) is 28.6 Å². The SMILES string of the molecule is CCN(C(=O)c1ccc(NC(=O)c2ccc(OCCC(C)C)cc2)cc1)c1cccc2ccccc12. The van der Waals surface area contributed by atoms with Crippen LogP contribution in [0, 0.1) is 5.92 Å². The van der Waals surface area contributed by atoms with Crippen LogP contribution in [0.1, 0.15) is 47.9 Å². The van der Waals surface area contributed by atoms with E-state index >= 15 is 0 Å². The first kappa shape index (κ1) is 25.0. The summed E-state index contributed by atoms with van der Waals surface area (Å²) in [6.07, 6.45) is 0.985. The highest BCUT2D eigenvalue weighted by molar-refractivity contribution is 6.11. The molecule has 2 amide bonds. The van der Waals surface area contributed by atoms with Crippen molar-refractivity contribution in [2.45, 2.75) is 27.2 Å². The Morgan fingerprint density at radius 3 is 2.19 bits per heavy atom. The van der Waals surface area contributed by atoms with Gasteiger partial charge in [0.15, 0.2) is 0 Å². The lowest BCUT2D eigenvalue weighted by atomic mass is 10.1. The van der Waals surface area contributed by atoms with Crippen LogP contribution in [0.5, 0.6) is 5.75 Å². The van der Waals surface area contributed by atoms with Crippen molar-refractivity contribution in [3.63, 3.8) is 0 Å². The van der Waals surface area contributed by atoms with Crippen molar-refractivity contribution in [1.82, 2.24) is 0 Å². The minimum atomic E-state index is -0.214. The van der Waals surface area contributed by atoms with Gasteiger partial charge in [-0.1, -0.05) is 50.2 Å².